The van der Waals surface area contributed by atoms with Crippen molar-refractivity contribution in [1.82, 2.24) is 0 Å². The van der Waals surface area contributed by atoms with E-state index in [9.17, 15) is 15.2 Å². The summed E-state index contributed by atoms with van der Waals surface area (Å²) in [4.78, 5) is 9.75. The second-order valence-electron chi connectivity index (χ2n) is 4.51. The van der Waals surface area contributed by atoms with Crippen molar-refractivity contribution in [1.29, 1.82) is 0 Å². The Kier molecular flexibility index (Phi) is 4.77. The standard InChI is InChI=1S/C10H19NO3/c1-8(2)5-6-10(3,4)9(12)7-11(13)14/h5,9,12H,6-7H2,1-4H3/t9-/m0/s1. The number of nitro groups is 1. The molecule has 0 saturated carbocycles. The fraction of sp³-hybridized carbons (Fsp3) is 0.800. The molecule has 0 radical (unpaired) electrons. The summed E-state index contributed by atoms with van der Waals surface area (Å²) in [5.74, 6) is 0. The van der Waals surface area contributed by atoms with Crippen LogP contribution in [0, 0.1) is 15.5 Å². The minimum atomic E-state index is -0.895. The number of hydrogen-bond donors (Lipinski definition) is 1. The molecule has 0 aliphatic heterocycles. The van der Waals surface area contributed by atoms with Crippen molar-refractivity contribution >= 4 is 0 Å². The Morgan fingerprint density at radius 2 is 2.07 bits per heavy atom. The molecule has 0 aromatic carbocycles. The van der Waals surface area contributed by atoms with E-state index in [-0.39, 0.29) is 6.54 Å². The molecule has 1 N–H and O–H groups in total. The van der Waals surface area contributed by atoms with Crippen molar-refractivity contribution in [3.05, 3.63) is 21.8 Å². The van der Waals surface area contributed by atoms with Crippen LogP contribution < -0.4 is 0 Å². The van der Waals surface area contributed by atoms with Gasteiger partial charge in [0.25, 0.3) is 0 Å². The quantitative estimate of drug-likeness (QED) is 0.420. The third-order valence-electron chi connectivity index (χ3n) is 2.26. The van der Waals surface area contributed by atoms with Crippen LogP contribution in [0.2, 0.25) is 0 Å². The van der Waals surface area contributed by atoms with Gasteiger partial charge in [-0.05, 0) is 20.3 Å². The first kappa shape index (κ1) is 13.1. The van der Waals surface area contributed by atoms with Gasteiger partial charge in [-0.2, -0.15) is 0 Å². The highest BCUT2D eigenvalue weighted by molar-refractivity contribution is 4.97. The van der Waals surface area contributed by atoms with Gasteiger partial charge in [0.2, 0.25) is 6.54 Å². The Morgan fingerprint density at radius 1 is 1.57 bits per heavy atom. The summed E-state index contributed by atoms with van der Waals surface area (Å²) in [7, 11) is 0. The Hall–Kier alpha value is -0.900. The molecule has 0 aliphatic rings. The van der Waals surface area contributed by atoms with Crippen LogP contribution in [0.5, 0.6) is 0 Å². The first-order valence-corrected chi connectivity index (χ1v) is 4.69. The van der Waals surface area contributed by atoms with Gasteiger partial charge in [0.15, 0.2) is 0 Å². The third kappa shape index (κ3) is 4.97. The summed E-state index contributed by atoms with van der Waals surface area (Å²) in [6.45, 7) is 7.22. The highest BCUT2D eigenvalue weighted by Gasteiger charge is 2.30. The highest BCUT2D eigenvalue weighted by atomic mass is 16.6. The van der Waals surface area contributed by atoms with Gasteiger partial charge in [0, 0.05) is 10.3 Å². The first-order valence-electron chi connectivity index (χ1n) is 4.69. The van der Waals surface area contributed by atoms with E-state index in [1.165, 1.54) is 0 Å². The van der Waals surface area contributed by atoms with Crippen molar-refractivity contribution < 1.29 is 10.0 Å². The van der Waals surface area contributed by atoms with Crippen LogP contribution in [-0.4, -0.2) is 22.7 Å². The Morgan fingerprint density at radius 3 is 2.43 bits per heavy atom. The lowest BCUT2D eigenvalue weighted by Gasteiger charge is -2.26. The van der Waals surface area contributed by atoms with E-state index in [2.05, 4.69) is 0 Å². The minimum Gasteiger partial charge on any atom is -0.386 e. The maximum absolute atomic E-state index is 10.2. The van der Waals surface area contributed by atoms with Crippen LogP contribution in [-0.2, 0) is 0 Å². The maximum atomic E-state index is 10.2. The molecule has 0 amide bonds. The topological polar surface area (TPSA) is 63.4 Å². The van der Waals surface area contributed by atoms with E-state index < -0.39 is 16.4 Å². The zero-order chi connectivity index (χ0) is 11.4. The number of allylic oxidation sites excluding steroid dienone is 2. The monoisotopic (exact) mass is 201 g/mol. The van der Waals surface area contributed by atoms with Gasteiger partial charge >= 0.3 is 0 Å². The first-order chi connectivity index (χ1) is 6.25. The SMILES string of the molecule is CC(C)=CCC(C)(C)[C@@H](O)C[N+](=O)[O-]. The fourth-order valence-corrected chi connectivity index (χ4v) is 0.992. The molecule has 0 rings (SSSR count). The van der Waals surface area contributed by atoms with E-state index in [4.69, 9.17) is 0 Å². The largest absolute Gasteiger partial charge is 0.386 e. The Balaban J connectivity index is 4.29. The smallest absolute Gasteiger partial charge is 0.229 e. The van der Waals surface area contributed by atoms with E-state index in [1.807, 2.05) is 33.8 Å². The lowest BCUT2D eigenvalue weighted by atomic mass is 9.82. The normalized spacial score (nSPS) is 13.5. The predicted molar refractivity (Wildman–Crippen MR) is 55.7 cm³/mol. The van der Waals surface area contributed by atoms with Gasteiger partial charge in [-0.3, -0.25) is 10.1 Å². The molecule has 0 fully saturated rings. The summed E-state index contributed by atoms with van der Waals surface area (Å²) >= 11 is 0. The number of hydrogen-bond acceptors (Lipinski definition) is 3. The average molecular weight is 201 g/mol. The summed E-state index contributed by atoms with van der Waals surface area (Å²) in [5.41, 5.74) is 0.719. The predicted octanol–water partition coefficient (Wildman–Crippen LogP) is 2.01. The van der Waals surface area contributed by atoms with Crippen molar-refractivity contribution in [2.45, 2.75) is 40.2 Å². The van der Waals surface area contributed by atoms with Gasteiger partial charge in [-0.1, -0.05) is 25.5 Å². The van der Waals surface area contributed by atoms with Gasteiger partial charge in [-0.15, -0.1) is 0 Å². The Labute approximate surface area is 84.8 Å². The molecule has 0 saturated heterocycles. The average Bonchev–Trinajstić information content (AvgIpc) is 1.99. The molecule has 4 heteroatoms. The second-order valence-corrected chi connectivity index (χ2v) is 4.51. The van der Waals surface area contributed by atoms with Gasteiger partial charge in [-0.25, -0.2) is 0 Å². The molecule has 0 bridgehead atoms. The summed E-state index contributed by atoms with van der Waals surface area (Å²) in [6.07, 6.45) is 1.75. The maximum Gasteiger partial charge on any atom is 0.229 e. The summed E-state index contributed by atoms with van der Waals surface area (Å²) < 4.78 is 0. The lowest BCUT2D eigenvalue weighted by Crippen LogP contribution is -2.35. The zero-order valence-electron chi connectivity index (χ0n) is 9.28. The van der Waals surface area contributed by atoms with E-state index in [0.29, 0.717) is 6.42 Å². The second kappa shape index (κ2) is 5.10. The molecular formula is C10H19NO3. The molecule has 0 aromatic heterocycles. The van der Waals surface area contributed by atoms with Crippen LogP contribution in [0.15, 0.2) is 11.6 Å². The Bertz CT molecular complexity index is 230. The zero-order valence-corrected chi connectivity index (χ0v) is 9.28. The number of aliphatic hydroxyl groups is 1. The van der Waals surface area contributed by atoms with Crippen molar-refractivity contribution in [2.75, 3.05) is 6.54 Å². The molecule has 82 valence electrons. The molecule has 0 heterocycles. The summed E-state index contributed by atoms with van der Waals surface area (Å²) in [6, 6.07) is 0. The molecule has 0 aliphatic carbocycles. The van der Waals surface area contributed by atoms with Crippen molar-refractivity contribution in [2.24, 2.45) is 5.41 Å². The van der Waals surface area contributed by atoms with Crippen molar-refractivity contribution in [3.8, 4) is 0 Å². The molecule has 0 unspecified atom stereocenters. The van der Waals surface area contributed by atoms with Gasteiger partial charge in [0.1, 0.15) is 6.10 Å². The van der Waals surface area contributed by atoms with Crippen LogP contribution in [0.4, 0.5) is 0 Å². The summed E-state index contributed by atoms with van der Waals surface area (Å²) in [5, 5.41) is 19.8. The minimum absolute atomic E-state index is 0.385. The van der Waals surface area contributed by atoms with E-state index >= 15 is 0 Å². The molecule has 1 atom stereocenters. The molecule has 14 heavy (non-hydrogen) atoms. The molecule has 0 spiro atoms. The van der Waals surface area contributed by atoms with Crippen molar-refractivity contribution in [3.63, 3.8) is 0 Å². The van der Waals surface area contributed by atoms with Gasteiger partial charge in [0.05, 0.1) is 0 Å². The van der Waals surface area contributed by atoms with Gasteiger partial charge < -0.3 is 5.11 Å². The van der Waals surface area contributed by atoms with Crippen LogP contribution in [0.1, 0.15) is 34.1 Å². The molecule has 4 nitrogen and oxygen atoms in total. The highest BCUT2D eigenvalue weighted by Crippen LogP contribution is 2.26. The molecule has 0 aromatic rings. The number of nitrogens with zero attached hydrogens (tertiary/aromatic N) is 1. The van der Waals surface area contributed by atoms with Crippen LogP contribution in [0.25, 0.3) is 0 Å². The number of aliphatic hydroxyl groups excluding tert-OH is 1. The molecular weight excluding hydrogens is 182 g/mol. The number of rotatable bonds is 5. The van der Waals surface area contributed by atoms with Crippen LogP contribution >= 0.6 is 0 Å². The van der Waals surface area contributed by atoms with E-state index in [0.717, 1.165) is 5.57 Å². The third-order valence-corrected chi connectivity index (χ3v) is 2.26. The fourth-order valence-electron chi connectivity index (χ4n) is 0.992. The van der Waals surface area contributed by atoms with E-state index in [1.54, 1.807) is 0 Å². The van der Waals surface area contributed by atoms with Crippen LogP contribution in [0.3, 0.4) is 0 Å². The lowest BCUT2D eigenvalue weighted by molar-refractivity contribution is -0.494.